The minimum absolute atomic E-state index is 0.0390. The lowest BCUT2D eigenvalue weighted by Gasteiger charge is -2.36. The SMILES string of the molecule is CC(O)C#Cc1ccc2c(c1)CCN(c1ccc(O[C@H]3C[C@H]4CC[C@@H](C3)N4C)c(Cl)c1)C2=O. The molecule has 2 saturated heterocycles. The molecule has 6 heteroatoms. The number of hydrogen-bond donors (Lipinski definition) is 1. The van der Waals surface area contributed by atoms with Crippen LogP contribution in [-0.2, 0) is 6.42 Å². The lowest BCUT2D eigenvalue weighted by atomic mass is 9.96. The van der Waals surface area contributed by atoms with Crippen molar-refractivity contribution in [3.63, 3.8) is 0 Å². The summed E-state index contributed by atoms with van der Waals surface area (Å²) in [4.78, 5) is 17.5. The zero-order valence-corrected chi connectivity index (χ0v) is 19.8. The van der Waals surface area contributed by atoms with Gasteiger partial charge in [-0.05, 0) is 88.0 Å². The molecular weight excluding hydrogens is 436 g/mol. The van der Waals surface area contributed by atoms with E-state index in [2.05, 4.69) is 23.8 Å². The third-order valence-corrected chi connectivity index (χ3v) is 7.48. The number of fused-ring (bicyclic) bond motifs is 3. The first-order valence-electron chi connectivity index (χ1n) is 11.7. The predicted molar refractivity (Wildman–Crippen MR) is 130 cm³/mol. The Labute approximate surface area is 200 Å². The number of carbonyl (C=O) groups is 1. The summed E-state index contributed by atoms with van der Waals surface area (Å²) in [5, 5.41) is 9.91. The number of aliphatic hydroxyl groups is 1. The second kappa shape index (κ2) is 9.02. The average molecular weight is 465 g/mol. The smallest absolute Gasteiger partial charge is 0.258 e. The first kappa shape index (κ1) is 22.3. The lowest BCUT2D eigenvalue weighted by Crippen LogP contribution is -2.43. The molecule has 3 heterocycles. The van der Waals surface area contributed by atoms with Gasteiger partial charge in [0, 0.05) is 35.4 Å². The Hall–Kier alpha value is -2.52. The van der Waals surface area contributed by atoms with Crippen LogP contribution in [0.2, 0.25) is 5.02 Å². The fraction of sp³-hybridized carbons (Fsp3) is 0.444. The van der Waals surface area contributed by atoms with E-state index < -0.39 is 6.10 Å². The molecule has 0 aromatic heterocycles. The summed E-state index contributed by atoms with van der Waals surface area (Å²) in [5.74, 6) is 6.35. The Bertz CT molecular complexity index is 1120. The van der Waals surface area contributed by atoms with Crippen molar-refractivity contribution in [1.29, 1.82) is 0 Å². The van der Waals surface area contributed by atoms with Crippen molar-refractivity contribution >= 4 is 23.2 Å². The fourth-order valence-electron chi connectivity index (χ4n) is 5.39. The monoisotopic (exact) mass is 464 g/mol. The van der Waals surface area contributed by atoms with Crippen molar-refractivity contribution in [1.82, 2.24) is 4.90 Å². The number of nitrogens with zero attached hydrogens (tertiary/aromatic N) is 2. The van der Waals surface area contributed by atoms with Crippen molar-refractivity contribution < 1.29 is 14.6 Å². The summed E-state index contributed by atoms with van der Waals surface area (Å²) >= 11 is 6.60. The average Bonchev–Trinajstić information content (AvgIpc) is 2.99. The molecule has 2 bridgehead atoms. The molecule has 172 valence electrons. The molecule has 2 fully saturated rings. The molecule has 1 N–H and O–H groups in total. The Balaban J connectivity index is 1.30. The van der Waals surface area contributed by atoms with E-state index in [-0.39, 0.29) is 12.0 Å². The maximum Gasteiger partial charge on any atom is 0.258 e. The number of amides is 1. The summed E-state index contributed by atoms with van der Waals surface area (Å²) < 4.78 is 6.30. The number of rotatable bonds is 3. The minimum Gasteiger partial charge on any atom is -0.489 e. The number of carbonyl (C=O) groups excluding carboxylic acids is 1. The van der Waals surface area contributed by atoms with E-state index in [4.69, 9.17) is 16.3 Å². The second-order valence-corrected chi connectivity index (χ2v) is 9.81. The third kappa shape index (κ3) is 4.48. The van der Waals surface area contributed by atoms with Crippen LogP contribution < -0.4 is 9.64 Å². The third-order valence-electron chi connectivity index (χ3n) is 7.19. The highest BCUT2D eigenvalue weighted by Crippen LogP contribution is 2.38. The number of anilines is 1. The highest BCUT2D eigenvalue weighted by Gasteiger charge is 2.39. The highest BCUT2D eigenvalue weighted by atomic mass is 35.5. The topological polar surface area (TPSA) is 53.0 Å². The quantitative estimate of drug-likeness (QED) is 0.689. The van der Waals surface area contributed by atoms with Gasteiger partial charge in [0.1, 0.15) is 18.0 Å². The van der Waals surface area contributed by atoms with Crippen LogP contribution in [0.5, 0.6) is 5.75 Å². The van der Waals surface area contributed by atoms with Crippen molar-refractivity contribution in [2.75, 3.05) is 18.5 Å². The van der Waals surface area contributed by atoms with E-state index in [9.17, 15) is 9.90 Å². The van der Waals surface area contributed by atoms with E-state index in [1.54, 1.807) is 11.8 Å². The standard InChI is InChI=1S/C27H29ClN2O3/c1-17(31)3-4-18-5-9-24-19(13-18)11-12-30(27(24)32)22-8-10-26(25(28)16-22)33-23-14-20-6-7-21(15-23)29(20)2/h5,8-10,13,16-17,20-21,23,31H,6-7,11-12,14-15H2,1-2H3/t17?,20-,21+,23+. The fourth-order valence-corrected chi connectivity index (χ4v) is 5.61. The number of ether oxygens (including phenoxy) is 1. The van der Waals surface area contributed by atoms with Crippen LogP contribution in [0.3, 0.4) is 0 Å². The van der Waals surface area contributed by atoms with Crippen molar-refractivity contribution in [3.8, 4) is 17.6 Å². The largest absolute Gasteiger partial charge is 0.489 e. The van der Waals surface area contributed by atoms with Gasteiger partial charge in [0.05, 0.1) is 5.02 Å². The van der Waals surface area contributed by atoms with E-state index in [0.29, 0.717) is 35.0 Å². The number of hydrogen-bond acceptors (Lipinski definition) is 4. The van der Waals surface area contributed by atoms with Crippen LogP contribution in [0, 0.1) is 11.8 Å². The highest BCUT2D eigenvalue weighted by molar-refractivity contribution is 6.32. The van der Waals surface area contributed by atoms with Crippen molar-refractivity contribution in [2.24, 2.45) is 0 Å². The summed E-state index contributed by atoms with van der Waals surface area (Å²) in [6.07, 6.45) is 4.83. The molecule has 2 aromatic rings. The van der Waals surface area contributed by atoms with Crippen molar-refractivity contribution in [3.05, 3.63) is 58.1 Å². The van der Waals surface area contributed by atoms with Gasteiger partial charge >= 0.3 is 0 Å². The zero-order valence-electron chi connectivity index (χ0n) is 19.1. The number of aliphatic hydroxyl groups excluding tert-OH is 1. The number of piperidine rings is 1. The van der Waals surface area contributed by atoms with E-state index in [1.807, 2.05) is 36.4 Å². The van der Waals surface area contributed by atoms with Crippen LogP contribution in [0.4, 0.5) is 5.69 Å². The molecule has 33 heavy (non-hydrogen) atoms. The predicted octanol–water partition coefficient (Wildman–Crippen LogP) is 4.28. The Morgan fingerprint density at radius 2 is 1.91 bits per heavy atom. The van der Waals surface area contributed by atoms with Crippen LogP contribution in [0.15, 0.2) is 36.4 Å². The van der Waals surface area contributed by atoms with Gasteiger partial charge in [-0.15, -0.1) is 0 Å². The first-order valence-corrected chi connectivity index (χ1v) is 12.1. The van der Waals surface area contributed by atoms with Crippen LogP contribution in [0.25, 0.3) is 0 Å². The van der Waals surface area contributed by atoms with Crippen LogP contribution in [0.1, 0.15) is 54.1 Å². The van der Waals surface area contributed by atoms with Gasteiger partial charge in [0.2, 0.25) is 0 Å². The minimum atomic E-state index is -0.676. The van der Waals surface area contributed by atoms with Gasteiger partial charge in [0.15, 0.2) is 0 Å². The number of halogens is 1. The van der Waals surface area contributed by atoms with Gasteiger partial charge in [-0.2, -0.15) is 0 Å². The Morgan fingerprint density at radius 1 is 1.15 bits per heavy atom. The summed E-state index contributed by atoms with van der Waals surface area (Å²) in [6, 6.07) is 12.5. The van der Waals surface area contributed by atoms with E-state index in [1.165, 1.54) is 12.8 Å². The van der Waals surface area contributed by atoms with Gasteiger partial charge < -0.3 is 19.6 Å². The molecule has 3 aliphatic rings. The zero-order chi connectivity index (χ0) is 23.1. The normalized spacial score (nSPS) is 25.3. The summed E-state index contributed by atoms with van der Waals surface area (Å²) in [7, 11) is 2.22. The first-order chi connectivity index (χ1) is 15.9. The lowest BCUT2D eigenvalue weighted by molar-refractivity contribution is 0.0662. The molecule has 0 radical (unpaired) electrons. The molecule has 0 spiro atoms. The summed E-state index contributed by atoms with van der Waals surface area (Å²) in [6.45, 7) is 2.21. The molecular formula is C27H29ClN2O3. The van der Waals surface area contributed by atoms with E-state index in [0.717, 1.165) is 36.1 Å². The van der Waals surface area contributed by atoms with E-state index >= 15 is 0 Å². The molecule has 3 aliphatic heterocycles. The maximum absolute atomic E-state index is 13.2. The molecule has 4 atom stereocenters. The van der Waals surface area contributed by atoms with Gasteiger partial charge in [-0.3, -0.25) is 4.79 Å². The molecule has 0 aliphatic carbocycles. The molecule has 2 aromatic carbocycles. The molecule has 1 unspecified atom stereocenters. The molecule has 1 amide bonds. The molecule has 5 rings (SSSR count). The van der Waals surface area contributed by atoms with Crippen molar-refractivity contribution in [2.45, 2.75) is 63.3 Å². The van der Waals surface area contributed by atoms with Gasteiger partial charge in [-0.25, -0.2) is 0 Å². The summed E-state index contributed by atoms with van der Waals surface area (Å²) in [5.41, 5.74) is 3.26. The maximum atomic E-state index is 13.2. The van der Waals surface area contributed by atoms with Gasteiger partial charge in [0.25, 0.3) is 5.91 Å². The second-order valence-electron chi connectivity index (χ2n) is 9.40. The van der Waals surface area contributed by atoms with Gasteiger partial charge in [-0.1, -0.05) is 23.4 Å². The molecule has 0 saturated carbocycles. The van der Waals surface area contributed by atoms with Crippen LogP contribution in [-0.4, -0.2) is 53.8 Å². The number of benzene rings is 2. The van der Waals surface area contributed by atoms with Crippen LogP contribution >= 0.6 is 11.6 Å². The Kier molecular flexibility index (Phi) is 6.09. The molecule has 5 nitrogen and oxygen atoms in total. The Morgan fingerprint density at radius 3 is 2.61 bits per heavy atom.